The average molecular weight is 341 g/mol. The van der Waals surface area contributed by atoms with Gasteiger partial charge in [-0.25, -0.2) is 4.98 Å². The summed E-state index contributed by atoms with van der Waals surface area (Å²) in [6.07, 6.45) is -1.47. The van der Waals surface area contributed by atoms with Crippen molar-refractivity contribution in [3.05, 3.63) is 41.7 Å². The van der Waals surface area contributed by atoms with Crippen molar-refractivity contribution in [2.45, 2.75) is 31.2 Å². The number of aromatic nitrogens is 4. The molecule has 2 atom stereocenters. The van der Waals surface area contributed by atoms with Gasteiger partial charge in [0.05, 0.1) is 18.0 Å². The molecule has 1 aliphatic heterocycles. The van der Waals surface area contributed by atoms with Gasteiger partial charge in [0.15, 0.2) is 5.82 Å². The zero-order chi connectivity index (χ0) is 17.2. The number of H-pyrrole nitrogens is 1. The Hall–Kier alpha value is -2.49. The lowest BCUT2D eigenvalue weighted by Crippen LogP contribution is -2.38. The minimum absolute atomic E-state index is 0.169. The molecule has 1 saturated heterocycles. The number of nitrogens with one attached hydrogen (secondary N) is 2. The van der Waals surface area contributed by atoms with Crippen LogP contribution >= 0.6 is 0 Å². The number of carbonyl (C=O) groups is 1. The zero-order valence-corrected chi connectivity index (χ0v) is 12.4. The fourth-order valence-corrected chi connectivity index (χ4v) is 2.63. The van der Waals surface area contributed by atoms with Crippen LogP contribution < -0.4 is 5.32 Å². The lowest BCUT2D eigenvalue weighted by molar-refractivity contribution is -0.138. The van der Waals surface area contributed by atoms with Crippen LogP contribution in [0.3, 0.4) is 0 Å². The van der Waals surface area contributed by atoms with Gasteiger partial charge >= 0.3 is 6.18 Å². The number of carbonyl (C=O) groups excluding carboxylic acids is 1. The number of aromatic amines is 1. The van der Waals surface area contributed by atoms with Gasteiger partial charge in [0, 0.05) is 19.0 Å². The predicted octanol–water partition coefficient (Wildman–Crippen LogP) is 1.41. The van der Waals surface area contributed by atoms with E-state index in [1.165, 1.54) is 6.33 Å². The minimum Gasteiger partial charge on any atom is -0.368 e. The van der Waals surface area contributed by atoms with Gasteiger partial charge in [0.1, 0.15) is 12.4 Å². The number of hydrogen-bond donors (Lipinski definition) is 2. The Kier molecular flexibility index (Phi) is 4.47. The molecule has 2 N–H and O–H groups in total. The molecular formula is C14H14F3N5O2. The first-order valence-electron chi connectivity index (χ1n) is 7.21. The summed E-state index contributed by atoms with van der Waals surface area (Å²) in [5, 5.41) is 9.09. The van der Waals surface area contributed by atoms with E-state index in [2.05, 4.69) is 25.5 Å². The summed E-state index contributed by atoms with van der Waals surface area (Å²) in [6.45, 7) is 0.414. The summed E-state index contributed by atoms with van der Waals surface area (Å²) in [6, 6.07) is 0.481. The molecule has 2 aromatic heterocycles. The third-order valence-corrected chi connectivity index (χ3v) is 3.70. The number of ether oxygens (including phenoxy) is 1. The highest BCUT2D eigenvalue weighted by atomic mass is 19.4. The number of amides is 1. The molecule has 2 aromatic rings. The van der Waals surface area contributed by atoms with Crippen molar-refractivity contribution >= 4 is 5.91 Å². The lowest BCUT2D eigenvalue weighted by Gasteiger charge is -2.18. The number of rotatable bonds is 4. The molecule has 7 nitrogen and oxygen atoms in total. The fraction of sp³-hybridized carbons (Fsp3) is 0.429. The Balaban J connectivity index is 1.68. The Morgan fingerprint density at radius 3 is 3.00 bits per heavy atom. The highest BCUT2D eigenvalue weighted by Gasteiger charge is 2.35. The highest BCUT2D eigenvalue weighted by Crippen LogP contribution is 2.32. The smallest absolute Gasteiger partial charge is 0.368 e. The quantitative estimate of drug-likeness (QED) is 0.877. The lowest BCUT2D eigenvalue weighted by atomic mass is 10.1. The van der Waals surface area contributed by atoms with Crippen LogP contribution in [-0.4, -0.2) is 38.7 Å². The Morgan fingerprint density at radius 1 is 1.46 bits per heavy atom. The standard InChI is InChI=1S/C14H14F3N5O2/c15-14(16,17)9-1-3-18-6-8(9)5-11(23)21-10-2-4-24-12(10)13-19-7-20-22-13/h1,3,6-7,10,12H,2,4-5H2,(H,21,23)(H,19,20,22)/t10-,12+/m0/s1. The van der Waals surface area contributed by atoms with Crippen LogP contribution in [-0.2, 0) is 22.1 Å². The first-order valence-corrected chi connectivity index (χ1v) is 7.21. The maximum absolute atomic E-state index is 13.0. The minimum atomic E-state index is -4.53. The van der Waals surface area contributed by atoms with E-state index in [0.29, 0.717) is 18.9 Å². The average Bonchev–Trinajstić information content (AvgIpc) is 3.17. The van der Waals surface area contributed by atoms with Crippen LogP contribution in [0.25, 0.3) is 0 Å². The molecule has 0 saturated carbocycles. The number of alkyl halides is 3. The molecule has 0 spiro atoms. The van der Waals surface area contributed by atoms with E-state index in [-0.39, 0.29) is 11.6 Å². The Morgan fingerprint density at radius 2 is 2.29 bits per heavy atom. The van der Waals surface area contributed by atoms with Crippen LogP contribution in [0, 0.1) is 0 Å². The van der Waals surface area contributed by atoms with Gasteiger partial charge in [-0.3, -0.25) is 14.9 Å². The second kappa shape index (κ2) is 6.56. The molecule has 24 heavy (non-hydrogen) atoms. The maximum atomic E-state index is 13.0. The van der Waals surface area contributed by atoms with Crippen LogP contribution in [0.1, 0.15) is 29.5 Å². The molecule has 0 aliphatic carbocycles. The van der Waals surface area contributed by atoms with Crippen molar-refractivity contribution in [2.24, 2.45) is 0 Å². The zero-order valence-electron chi connectivity index (χ0n) is 12.4. The molecule has 1 fully saturated rings. The normalized spacial score (nSPS) is 21.0. The van der Waals surface area contributed by atoms with Crippen molar-refractivity contribution in [1.29, 1.82) is 0 Å². The first-order chi connectivity index (χ1) is 11.4. The molecule has 0 aromatic carbocycles. The second-order valence-electron chi connectivity index (χ2n) is 5.33. The SMILES string of the molecule is O=C(Cc1cnccc1C(F)(F)F)N[C@H]1CCO[C@H]1c1ncn[nH]1. The number of nitrogens with zero attached hydrogens (tertiary/aromatic N) is 3. The van der Waals surface area contributed by atoms with Gasteiger partial charge in [0.2, 0.25) is 5.91 Å². The summed E-state index contributed by atoms with van der Waals surface area (Å²) in [7, 11) is 0. The van der Waals surface area contributed by atoms with Crippen LogP contribution in [0.4, 0.5) is 13.2 Å². The van der Waals surface area contributed by atoms with E-state index in [1.54, 1.807) is 0 Å². The van der Waals surface area contributed by atoms with E-state index >= 15 is 0 Å². The second-order valence-corrected chi connectivity index (χ2v) is 5.33. The van der Waals surface area contributed by atoms with Crippen LogP contribution in [0.2, 0.25) is 0 Å². The van der Waals surface area contributed by atoms with E-state index in [1.807, 2.05) is 0 Å². The van der Waals surface area contributed by atoms with Crippen molar-refractivity contribution < 1.29 is 22.7 Å². The van der Waals surface area contributed by atoms with E-state index < -0.39 is 30.2 Å². The van der Waals surface area contributed by atoms with Gasteiger partial charge in [-0.2, -0.15) is 18.3 Å². The Labute approximate surface area is 134 Å². The molecule has 0 unspecified atom stereocenters. The summed E-state index contributed by atoms with van der Waals surface area (Å²) in [5.41, 5.74) is -1.03. The van der Waals surface area contributed by atoms with Gasteiger partial charge in [-0.15, -0.1) is 0 Å². The molecular weight excluding hydrogens is 327 g/mol. The highest BCUT2D eigenvalue weighted by molar-refractivity contribution is 5.79. The molecule has 3 rings (SSSR count). The van der Waals surface area contributed by atoms with Crippen molar-refractivity contribution in [2.75, 3.05) is 6.61 Å². The largest absolute Gasteiger partial charge is 0.416 e. The van der Waals surface area contributed by atoms with Crippen molar-refractivity contribution in [3.63, 3.8) is 0 Å². The summed E-state index contributed by atoms with van der Waals surface area (Å²) in [5.74, 6) is -0.0660. The van der Waals surface area contributed by atoms with Crippen LogP contribution in [0.5, 0.6) is 0 Å². The maximum Gasteiger partial charge on any atom is 0.416 e. The molecule has 10 heteroatoms. The van der Waals surface area contributed by atoms with Gasteiger partial charge in [-0.05, 0) is 18.1 Å². The van der Waals surface area contributed by atoms with Gasteiger partial charge < -0.3 is 10.1 Å². The topological polar surface area (TPSA) is 92.8 Å². The molecule has 1 amide bonds. The molecule has 3 heterocycles. The number of halogens is 3. The summed E-state index contributed by atoms with van der Waals surface area (Å²) >= 11 is 0. The summed E-state index contributed by atoms with van der Waals surface area (Å²) < 4.78 is 44.4. The predicted molar refractivity (Wildman–Crippen MR) is 74.6 cm³/mol. The van der Waals surface area contributed by atoms with Gasteiger partial charge in [-0.1, -0.05) is 0 Å². The van der Waals surface area contributed by atoms with E-state index in [4.69, 9.17) is 4.74 Å². The van der Waals surface area contributed by atoms with E-state index in [0.717, 1.165) is 18.5 Å². The third-order valence-electron chi connectivity index (χ3n) is 3.70. The molecule has 0 radical (unpaired) electrons. The molecule has 128 valence electrons. The van der Waals surface area contributed by atoms with Crippen LogP contribution in [0.15, 0.2) is 24.8 Å². The summed E-state index contributed by atoms with van der Waals surface area (Å²) in [4.78, 5) is 19.8. The van der Waals surface area contributed by atoms with Gasteiger partial charge in [0.25, 0.3) is 0 Å². The number of hydrogen-bond acceptors (Lipinski definition) is 5. The number of pyridine rings is 1. The molecule has 1 aliphatic rings. The fourth-order valence-electron chi connectivity index (χ4n) is 2.63. The molecule has 0 bridgehead atoms. The Bertz CT molecular complexity index is 705. The van der Waals surface area contributed by atoms with Crippen molar-refractivity contribution in [3.8, 4) is 0 Å². The van der Waals surface area contributed by atoms with E-state index in [9.17, 15) is 18.0 Å². The third kappa shape index (κ3) is 3.53. The first kappa shape index (κ1) is 16.4. The monoisotopic (exact) mass is 341 g/mol. The van der Waals surface area contributed by atoms with Crippen molar-refractivity contribution in [1.82, 2.24) is 25.5 Å².